The monoisotopic (exact) mass is 269 g/mol. The van der Waals surface area contributed by atoms with E-state index in [1.807, 2.05) is 6.92 Å². The zero-order valence-corrected chi connectivity index (χ0v) is 11.9. The van der Waals surface area contributed by atoms with Crippen LogP contribution in [0, 0.1) is 12.7 Å². The quantitative estimate of drug-likeness (QED) is 0.662. The summed E-state index contributed by atoms with van der Waals surface area (Å²) in [5, 5.41) is 3.22. The predicted octanol–water partition coefficient (Wildman–Crippen LogP) is 2.92. The van der Waals surface area contributed by atoms with Crippen LogP contribution < -0.4 is 10.1 Å². The fourth-order valence-corrected chi connectivity index (χ4v) is 1.58. The molecule has 0 atom stereocenters. The van der Waals surface area contributed by atoms with Crippen molar-refractivity contribution in [1.29, 1.82) is 0 Å². The first-order chi connectivity index (χ1) is 9.24. The summed E-state index contributed by atoms with van der Waals surface area (Å²) < 4.78 is 24.0. The van der Waals surface area contributed by atoms with Gasteiger partial charge in [-0.15, -0.1) is 0 Å². The van der Waals surface area contributed by atoms with Crippen LogP contribution in [0.4, 0.5) is 4.39 Å². The lowest BCUT2D eigenvalue weighted by atomic mass is 10.2. The Balaban J connectivity index is 2.03. The minimum Gasteiger partial charge on any atom is -0.492 e. The number of ether oxygens (including phenoxy) is 2. The standard InChI is InChI=1S/C15H24FNO2/c1-3-4-9-18-10-7-17-8-11-19-15-12-14(16)6-5-13(15)2/h5-6,12,17H,3-4,7-11H2,1-2H3. The Hall–Kier alpha value is -1.13. The Labute approximate surface area is 115 Å². The molecule has 0 saturated carbocycles. The number of aryl methyl sites for hydroxylation is 1. The molecular weight excluding hydrogens is 245 g/mol. The Bertz CT molecular complexity index is 358. The first-order valence-corrected chi connectivity index (χ1v) is 6.91. The lowest BCUT2D eigenvalue weighted by Crippen LogP contribution is -2.25. The van der Waals surface area contributed by atoms with E-state index in [0.717, 1.165) is 44.7 Å². The van der Waals surface area contributed by atoms with Crippen LogP contribution in [0.2, 0.25) is 0 Å². The molecule has 0 aliphatic carbocycles. The molecule has 4 heteroatoms. The Morgan fingerprint density at radius 2 is 1.95 bits per heavy atom. The third kappa shape index (κ3) is 7.13. The molecule has 0 unspecified atom stereocenters. The first-order valence-electron chi connectivity index (χ1n) is 6.91. The van der Waals surface area contributed by atoms with Crippen molar-refractivity contribution in [3.8, 4) is 5.75 Å². The van der Waals surface area contributed by atoms with Crippen molar-refractivity contribution in [3.05, 3.63) is 29.6 Å². The molecule has 1 rings (SSSR count). The SMILES string of the molecule is CCCCOCCNCCOc1cc(F)ccc1C. The summed E-state index contributed by atoms with van der Waals surface area (Å²) in [4.78, 5) is 0. The highest BCUT2D eigenvalue weighted by Crippen LogP contribution is 2.18. The lowest BCUT2D eigenvalue weighted by Gasteiger charge is -2.10. The summed E-state index contributed by atoms with van der Waals surface area (Å²) in [7, 11) is 0. The molecule has 0 heterocycles. The molecule has 0 aliphatic heterocycles. The smallest absolute Gasteiger partial charge is 0.126 e. The van der Waals surface area contributed by atoms with Crippen molar-refractivity contribution in [3.63, 3.8) is 0 Å². The Kier molecular flexibility index (Phi) is 8.18. The molecule has 1 N–H and O–H groups in total. The van der Waals surface area contributed by atoms with Gasteiger partial charge in [0.25, 0.3) is 0 Å². The third-order valence-electron chi connectivity index (χ3n) is 2.75. The van der Waals surface area contributed by atoms with Crippen LogP contribution in [0.1, 0.15) is 25.3 Å². The van der Waals surface area contributed by atoms with Crippen molar-refractivity contribution in [2.45, 2.75) is 26.7 Å². The molecule has 0 amide bonds. The van der Waals surface area contributed by atoms with E-state index in [0.29, 0.717) is 12.4 Å². The molecule has 19 heavy (non-hydrogen) atoms. The normalized spacial score (nSPS) is 10.7. The number of halogens is 1. The summed E-state index contributed by atoms with van der Waals surface area (Å²) in [6.07, 6.45) is 2.27. The second-order valence-corrected chi connectivity index (χ2v) is 4.47. The summed E-state index contributed by atoms with van der Waals surface area (Å²) in [6.45, 7) is 7.68. The van der Waals surface area contributed by atoms with E-state index in [1.54, 1.807) is 6.07 Å². The fourth-order valence-electron chi connectivity index (χ4n) is 1.58. The first kappa shape index (κ1) is 15.9. The highest BCUT2D eigenvalue weighted by atomic mass is 19.1. The van der Waals surface area contributed by atoms with Crippen LogP contribution in [0.25, 0.3) is 0 Å². The number of benzene rings is 1. The van der Waals surface area contributed by atoms with Crippen molar-refractivity contribution >= 4 is 0 Å². The Morgan fingerprint density at radius 3 is 2.74 bits per heavy atom. The average Bonchev–Trinajstić information content (AvgIpc) is 2.40. The number of hydrogen-bond acceptors (Lipinski definition) is 3. The van der Waals surface area contributed by atoms with Gasteiger partial charge in [0, 0.05) is 25.8 Å². The van der Waals surface area contributed by atoms with E-state index < -0.39 is 0 Å². The van der Waals surface area contributed by atoms with Gasteiger partial charge >= 0.3 is 0 Å². The van der Waals surface area contributed by atoms with Crippen LogP contribution in [0.5, 0.6) is 5.75 Å². The van der Waals surface area contributed by atoms with Gasteiger partial charge in [-0.1, -0.05) is 19.4 Å². The second-order valence-electron chi connectivity index (χ2n) is 4.47. The van der Waals surface area contributed by atoms with Gasteiger partial charge in [-0.2, -0.15) is 0 Å². The molecule has 0 spiro atoms. The molecule has 0 aliphatic rings. The number of nitrogens with one attached hydrogen (secondary N) is 1. The van der Waals surface area contributed by atoms with Crippen LogP contribution in [-0.2, 0) is 4.74 Å². The maximum absolute atomic E-state index is 13.0. The van der Waals surface area contributed by atoms with E-state index in [-0.39, 0.29) is 5.82 Å². The van der Waals surface area contributed by atoms with E-state index in [1.165, 1.54) is 12.1 Å². The molecule has 108 valence electrons. The topological polar surface area (TPSA) is 30.5 Å². The highest BCUT2D eigenvalue weighted by Gasteiger charge is 2.00. The van der Waals surface area contributed by atoms with Gasteiger partial charge in [-0.3, -0.25) is 0 Å². The summed E-state index contributed by atoms with van der Waals surface area (Å²) in [6, 6.07) is 4.58. The zero-order valence-electron chi connectivity index (χ0n) is 11.9. The minimum absolute atomic E-state index is 0.266. The van der Waals surface area contributed by atoms with Crippen molar-refractivity contribution in [2.24, 2.45) is 0 Å². The molecule has 0 radical (unpaired) electrons. The van der Waals surface area contributed by atoms with Crippen molar-refractivity contribution in [1.82, 2.24) is 5.32 Å². The van der Waals surface area contributed by atoms with Crippen molar-refractivity contribution < 1.29 is 13.9 Å². The molecule has 0 bridgehead atoms. The van der Waals surface area contributed by atoms with Gasteiger partial charge in [0.1, 0.15) is 18.2 Å². The maximum Gasteiger partial charge on any atom is 0.126 e. The highest BCUT2D eigenvalue weighted by molar-refractivity contribution is 5.32. The zero-order chi connectivity index (χ0) is 13.9. The molecule has 0 saturated heterocycles. The summed E-state index contributed by atoms with van der Waals surface area (Å²) >= 11 is 0. The van der Waals surface area contributed by atoms with E-state index in [4.69, 9.17) is 9.47 Å². The number of rotatable bonds is 10. The number of unbranched alkanes of at least 4 members (excludes halogenated alkanes) is 1. The van der Waals surface area contributed by atoms with Gasteiger partial charge in [-0.05, 0) is 25.0 Å². The van der Waals surface area contributed by atoms with E-state index in [2.05, 4.69) is 12.2 Å². The van der Waals surface area contributed by atoms with E-state index >= 15 is 0 Å². The fraction of sp³-hybridized carbons (Fsp3) is 0.600. The Morgan fingerprint density at radius 1 is 1.16 bits per heavy atom. The van der Waals surface area contributed by atoms with Gasteiger partial charge in [0.05, 0.1) is 6.61 Å². The molecule has 0 fully saturated rings. The van der Waals surface area contributed by atoms with Crippen LogP contribution in [-0.4, -0.2) is 32.9 Å². The summed E-state index contributed by atoms with van der Waals surface area (Å²) in [5.41, 5.74) is 0.948. The molecule has 1 aromatic carbocycles. The lowest BCUT2D eigenvalue weighted by molar-refractivity contribution is 0.132. The van der Waals surface area contributed by atoms with Crippen LogP contribution in [0.3, 0.4) is 0 Å². The van der Waals surface area contributed by atoms with Gasteiger partial charge in [-0.25, -0.2) is 4.39 Å². The summed E-state index contributed by atoms with van der Waals surface area (Å²) in [5.74, 6) is 0.346. The van der Waals surface area contributed by atoms with Crippen LogP contribution >= 0.6 is 0 Å². The number of hydrogen-bond donors (Lipinski definition) is 1. The largest absolute Gasteiger partial charge is 0.492 e. The van der Waals surface area contributed by atoms with E-state index in [9.17, 15) is 4.39 Å². The predicted molar refractivity (Wildman–Crippen MR) is 75.2 cm³/mol. The molecular formula is C15H24FNO2. The van der Waals surface area contributed by atoms with Gasteiger partial charge < -0.3 is 14.8 Å². The van der Waals surface area contributed by atoms with Gasteiger partial charge in [0.15, 0.2) is 0 Å². The molecule has 1 aromatic rings. The van der Waals surface area contributed by atoms with Crippen molar-refractivity contribution in [2.75, 3.05) is 32.9 Å². The third-order valence-corrected chi connectivity index (χ3v) is 2.75. The minimum atomic E-state index is -0.266. The van der Waals surface area contributed by atoms with Gasteiger partial charge in [0.2, 0.25) is 0 Å². The average molecular weight is 269 g/mol. The van der Waals surface area contributed by atoms with Crippen LogP contribution in [0.15, 0.2) is 18.2 Å². The second kappa shape index (κ2) is 9.75. The maximum atomic E-state index is 13.0. The molecule has 3 nitrogen and oxygen atoms in total. The molecule has 0 aromatic heterocycles.